The quantitative estimate of drug-likeness (QED) is 0.346. The van der Waals surface area contributed by atoms with E-state index in [0.717, 1.165) is 6.42 Å². The second-order valence-corrected chi connectivity index (χ2v) is 7.01. The van der Waals surface area contributed by atoms with Crippen LogP contribution in [0.3, 0.4) is 0 Å². The molecule has 0 saturated carbocycles. The summed E-state index contributed by atoms with van der Waals surface area (Å²) in [7, 11) is 1.62. The summed E-state index contributed by atoms with van der Waals surface area (Å²) in [4.78, 5) is 11.5. The molecule has 0 radical (unpaired) electrons. The van der Waals surface area contributed by atoms with Gasteiger partial charge < -0.3 is 9.29 Å². The molecule has 1 rings (SSSR count). The Kier molecular flexibility index (Phi) is 9.14. The molecule has 26 heavy (non-hydrogen) atoms. The fraction of sp³-hybridized carbons (Fsp3) is 0.688. The smallest absolute Gasteiger partial charge is 0.392 e. The number of hydrogen-bond acceptors (Lipinski definition) is 5. The summed E-state index contributed by atoms with van der Waals surface area (Å²) >= 11 is -1.63. The van der Waals surface area contributed by atoms with E-state index < -0.39 is 42.3 Å². The summed E-state index contributed by atoms with van der Waals surface area (Å²) in [5.74, 6) is -2.62. The maximum absolute atomic E-state index is 13.4. The van der Waals surface area contributed by atoms with E-state index in [1.54, 1.807) is 7.05 Å². The van der Waals surface area contributed by atoms with E-state index in [9.17, 15) is 22.5 Å². The van der Waals surface area contributed by atoms with Gasteiger partial charge in [-0.15, -0.1) is 0 Å². The Morgan fingerprint density at radius 3 is 2.62 bits per heavy atom. The summed E-state index contributed by atoms with van der Waals surface area (Å²) in [5, 5.41) is 3.93. The number of carbonyl (C=O) groups is 1. The molecule has 2 atom stereocenters. The highest BCUT2D eigenvalue weighted by Crippen LogP contribution is 2.33. The van der Waals surface area contributed by atoms with Gasteiger partial charge in [-0.1, -0.05) is 17.7 Å². The standard InChI is InChI=1S/C16H24F3N3O3S/c1-4-6-7-26(24)21-14(12-10-20-22(3)11-12)8-13(16(17,18)19)9-15(23)25-5-2/h10-11,13H,4-9H2,1-3H3/b21-14-. The minimum atomic E-state index is -4.61. The zero-order chi connectivity index (χ0) is 19.7. The molecular formula is C16H24F3N3O3S. The first-order valence-corrected chi connectivity index (χ1v) is 9.62. The normalized spacial score (nSPS) is 15.0. The molecule has 0 fully saturated rings. The molecule has 0 spiro atoms. The Hall–Kier alpha value is -1.55. The number of nitrogens with zero attached hydrogens (tertiary/aromatic N) is 3. The highest BCUT2D eigenvalue weighted by Gasteiger charge is 2.42. The third-order valence-electron chi connectivity index (χ3n) is 3.54. The number of unbranched alkanes of at least 4 members (excludes halogenated alkanes) is 1. The van der Waals surface area contributed by atoms with Crippen molar-refractivity contribution in [2.75, 3.05) is 12.4 Å². The summed E-state index contributed by atoms with van der Waals surface area (Å²) in [6.07, 6.45) is -1.65. The van der Waals surface area contributed by atoms with Crippen LogP contribution in [0.5, 0.6) is 0 Å². The number of carbonyl (C=O) groups excluding carboxylic acids is 1. The molecule has 2 unspecified atom stereocenters. The lowest BCUT2D eigenvalue weighted by molar-refractivity contribution is -0.182. The van der Waals surface area contributed by atoms with Crippen LogP contribution in [0.4, 0.5) is 13.2 Å². The van der Waals surface area contributed by atoms with Crippen LogP contribution in [0.25, 0.3) is 0 Å². The lowest BCUT2D eigenvalue weighted by atomic mass is 9.95. The van der Waals surface area contributed by atoms with Crippen LogP contribution >= 0.6 is 0 Å². The first-order valence-electron chi connectivity index (χ1n) is 8.34. The molecule has 148 valence electrons. The van der Waals surface area contributed by atoms with Gasteiger partial charge in [-0.3, -0.25) is 9.48 Å². The Balaban J connectivity index is 3.06. The number of esters is 1. The second kappa shape index (κ2) is 10.6. The van der Waals surface area contributed by atoms with E-state index in [-0.39, 0.29) is 18.1 Å². The molecular weight excluding hydrogens is 371 g/mol. The van der Waals surface area contributed by atoms with Crippen molar-refractivity contribution >= 4 is 23.0 Å². The molecule has 10 heteroatoms. The van der Waals surface area contributed by atoms with Gasteiger partial charge in [0.1, 0.15) is 11.5 Å². The van der Waals surface area contributed by atoms with E-state index in [0.29, 0.717) is 12.0 Å². The van der Waals surface area contributed by atoms with Gasteiger partial charge in [0.25, 0.3) is 0 Å². The Morgan fingerprint density at radius 2 is 2.12 bits per heavy atom. The predicted octanol–water partition coefficient (Wildman–Crippen LogP) is 3.19. The number of aryl methyl sites for hydroxylation is 1. The van der Waals surface area contributed by atoms with Crippen molar-refractivity contribution in [1.82, 2.24) is 9.78 Å². The minimum Gasteiger partial charge on any atom is -0.591 e. The molecule has 0 bridgehead atoms. The van der Waals surface area contributed by atoms with Crippen LogP contribution in [0.15, 0.2) is 16.8 Å². The van der Waals surface area contributed by atoms with Crippen molar-refractivity contribution in [2.24, 2.45) is 17.4 Å². The highest BCUT2D eigenvalue weighted by molar-refractivity contribution is 7.90. The third-order valence-corrected chi connectivity index (χ3v) is 4.61. The molecule has 0 amide bonds. The van der Waals surface area contributed by atoms with Gasteiger partial charge >= 0.3 is 12.1 Å². The average Bonchev–Trinajstić information content (AvgIpc) is 2.97. The van der Waals surface area contributed by atoms with Crippen LogP contribution in [0.1, 0.15) is 45.1 Å². The largest absolute Gasteiger partial charge is 0.591 e. The maximum atomic E-state index is 13.4. The summed E-state index contributed by atoms with van der Waals surface area (Å²) in [6.45, 7) is 3.45. The van der Waals surface area contributed by atoms with Crippen LogP contribution in [0, 0.1) is 5.92 Å². The van der Waals surface area contributed by atoms with Crippen molar-refractivity contribution in [1.29, 1.82) is 0 Å². The molecule has 6 nitrogen and oxygen atoms in total. The topological polar surface area (TPSA) is 79.5 Å². The number of ether oxygens (including phenoxy) is 1. The van der Waals surface area contributed by atoms with E-state index in [1.165, 1.54) is 24.0 Å². The average molecular weight is 395 g/mol. The van der Waals surface area contributed by atoms with E-state index in [4.69, 9.17) is 0 Å². The van der Waals surface area contributed by atoms with Crippen molar-refractivity contribution in [3.8, 4) is 0 Å². The van der Waals surface area contributed by atoms with Crippen molar-refractivity contribution in [3.63, 3.8) is 0 Å². The SMILES string of the molecule is CCCC[S+]([O-])/N=C(/CC(CC(=O)OCC)C(F)(F)F)c1cnn(C)c1. The van der Waals surface area contributed by atoms with E-state index >= 15 is 0 Å². The van der Waals surface area contributed by atoms with Gasteiger partial charge in [-0.05, 0) is 13.3 Å². The van der Waals surface area contributed by atoms with Gasteiger partial charge in [0.15, 0.2) is 0 Å². The molecule has 0 aliphatic rings. The predicted molar refractivity (Wildman–Crippen MR) is 93.1 cm³/mol. The first-order chi connectivity index (χ1) is 12.2. The Morgan fingerprint density at radius 1 is 1.42 bits per heavy atom. The molecule has 0 saturated heterocycles. The van der Waals surface area contributed by atoms with Gasteiger partial charge in [0.2, 0.25) is 0 Å². The van der Waals surface area contributed by atoms with E-state index in [1.807, 2.05) is 6.92 Å². The van der Waals surface area contributed by atoms with Crippen LogP contribution in [-0.2, 0) is 27.9 Å². The van der Waals surface area contributed by atoms with Crippen LogP contribution < -0.4 is 0 Å². The lowest BCUT2D eigenvalue weighted by Crippen LogP contribution is -2.29. The number of alkyl halides is 3. The maximum Gasteiger partial charge on any atom is 0.392 e. The lowest BCUT2D eigenvalue weighted by Gasteiger charge is -2.20. The van der Waals surface area contributed by atoms with Crippen LogP contribution in [-0.4, -0.2) is 44.6 Å². The number of halogens is 3. The molecule has 1 aromatic rings. The van der Waals surface area contributed by atoms with Crippen LogP contribution in [0.2, 0.25) is 0 Å². The summed E-state index contributed by atoms with van der Waals surface area (Å²) < 4.78 is 62.3. The molecule has 0 aliphatic heterocycles. The molecule has 1 heterocycles. The first kappa shape index (κ1) is 22.5. The summed E-state index contributed by atoms with van der Waals surface area (Å²) in [5.41, 5.74) is 0.384. The monoisotopic (exact) mass is 395 g/mol. The third kappa shape index (κ3) is 7.77. The van der Waals surface area contributed by atoms with Crippen molar-refractivity contribution in [2.45, 2.75) is 45.7 Å². The molecule has 0 aliphatic carbocycles. The van der Waals surface area contributed by atoms with Crippen molar-refractivity contribution < 1.29 is 27.3 Å². The molecule has 1 aromatic heterocycles. The zero-order valence-electron chi connectivity index (χ0n) is 15.1. The summed E-state index contributed by atoms with van der Waals surface area (Å²) in [6, 6.07) is 0. The zero-order valence-corrected chi connectivity index (χ0v) is 15.9. The second-order valence-electron chi connectivity index (χ2n) is 5.77. The fourth-order valence-corrected chi connectivity index (χ4v) is 3.23. The van der Waals surface area contributed by atoms with Crippen molar-refractivity contribution in [3.05, 3.63) is 18.0 Å². The van der Waals surface area contributed by atoms with Gasteiger partial charge in [-0.25, -0.2) is 0 Å². The minimum absolute atomic E-state index is 0.00793. The Labute approximate surface area is 154 Å². The van der Waals surface area contributed by atoms with Gasteiger partial charge in [-0.2, -0.15) is 18.3 Å². The number of aromatic nitrogens is 2. The molecule has 0 N–H and O–H groups in total. The van der Waals surface area contributed by atoms with Gasteiger partial charge in [0, 0.05) is 25.2 Å². The Bertz CT molecular complexity index is 605. The highest BCUT2D eigenvalue weighted by atomic mass is 32.2. The molecule has 0 aromatic carbocycles. The fourth-order valence-electron chi connectivity index (χ4n) is 2.17. The number of rotatable bonds is 10. The van der Waals surface area contributed by atoms with Gasteiger partial charge in [0.05, 0.1) is 36.5 Å². The van der Waals surface area contributed by atoms with E-state index in [2.05, 4.69) is 14.2 Å². The number of hydrogen-bond donors (Lipinski definition) is 0.